The summed E-state index contributed by atoms with van der Waals surface area (Å²) in [4.78, 5) is 0. The highest BCUT2D eigenvalue weighted by molar-refractivity contribution is 4.85. The highest BCUT2D eigenvalue weighted by atomic mass is 14.7. The zero-order valence-corrected chi connectivity index (χ0v) is 10.7. The molecule has 0 aromatic rings. The average Bonchev–Trinajstić information content (AvgIpc) is 2.12. The molecule has 1 aliphatic rings. The molecule has 0 bridgehead atoms. The van der Waals surface area contributed by atoms with Gasteiger partial charge < -0.3 is 5.73 Å². The van der Waals surface area contributed by atoms with E-state index in [0.717, 1.165) is 5.92 Å². The van der Waals surface area contributed by atoms with Crippen molar-refractivity contribution in [2.24, 2.45) is 11.7 Å². The summed E-state index contributed by atoms with van der Waals surface area (Å²) in [5.74, 6) is 0.835. The molecule has 1 fully saturated rings. The van der Waals surface area contributed by atoms with Gasteiger partial charge in [0.05, 0.1) is 0 Å². The Morgan fingerprint density at radius 2 is 1.53 bits per heavy atom. The van der Waals surface area contributed by atoms with Crippen LogP contribution in [0.15, 0.2) is 0 Å². The Labute approximate surface area is 95.8 Å². The van der Waals surface area contributed by atoms with Gasteiger partial charge in [-0.05, 0) is 25.2 Å². The van der Waals surface area contributed by atoms with Crippen LogP contribution in [0, 0.1) is 5.92 Å². The summed E-state index contributed by atoms with van der Waals surface area (Å²) in [7, 11) is 0. The molecule has 0 spiro atoms. The molecule has 0 saturated heterocycles. The van der Waals surface area contributed by atoms with Crippen molar-refractivity contribution >= 4 is 0 Å². The Morgan fingerprint density at radius 1 is 1.00 bits per heavy atom. The molecule has 2 N–H and O–H groups in total. The van der Waals surface area contributed by atoms with Gasteiger partial charge >= 0.3 is 0 Å². The number of nitrogens with two attached hydrogens (primary N) is 1. The average molecular weight is 211 g/mol. The maximum absolute atomic E-state index is 6.51. The fourth-order valence-electron chi connectivity index (χ4n) is 2.72. The quantitative estimate of drug-likeness (QED) is 0.739. The molecule has 0 atom stereocenters. The van der Waals surface area contributed by atoms with Crippen molar-refractivity contribution < 1.29 is 0 Å². The largest absolute Gasteiger partial charge is 0.325 e. The monoisotopic (exact) mass is 211 g/mol. The lowest BCUT2D eigenvalue weighted by Crippen LogP contribution is -2.40. The molecule has 0 radical (unpaired) electrons. The SMILES string of the molecule is CC(C)CCCC1(N)CCCCCCC1. The zero-order chi connectivity index (χ0) is 11.1. The van der Waals surface area contributed by atoms with Crippen LogP contribution in [0.4, 0.5) is 0 Å². The number of hydrogen-bond acceptors (Lipinski definition) is 1. The molecule has 1 heteroatoms. The van der Waals surface area contributed by atoms with Gasteiger partial charge in [-0.25, -0.2) is 0 Å². The van der Waals surface area contributed by atoms with Gasteiger partial charge in [0.25, 0.3) is 0 Å². The molecule has 1 rings (SSSR count). The van der Waals surface area contributed by atoms with Crippen LogP contribution < -0.4 is 5.73 Å². The van der Waals surface area contributed by atoms with Crippen molar-refractivity contribution in [1.82, 2.24) is 0 Å². The number of hydrogen-bond donors (Lipinski definition) is 1. The van der Waals surface area contributed by atoms with Crippen molar-refractivity contribution in [2.45, 2.75) is 83.6 Å². The van der Waals surface area contributed by atoms with Crippen LogP contribution in [0.25, 0.3) is 0 Å². The lowest BCUT2D eigenvalue weighted by Gasteiger charge is -2.31. The fraction of sp³-hybridized carbons (Fsp3) is 1.00. The van der Waals surface area contributed by atoms with E-state index in [9.17, 15) is 0 Å². The van der Waals surface area contributed by atoms with E-state index in [-0.39, 0.29) is 5.54 Å². The van der Waals surface area contributed by atoms with Crippen molar-refractivity contribution in [3.63, 3.8) is 0 Å². The fourth-order valence-corrected chi connectivity index (χ4v) is 2.72. The van der Waals surface area contributed by atoms with Gasteiger partial charge in [-0.15, -0.1) is 0 Å². The summed E-state index contributed by atoms with van der Waals surface area (Å²) in [6, 6.07) is 0. The third-order valence-corrected chi connectivity index (χ3v) is 3.81. The second-order valence-corrected chi connectivity index (χ2v) is 5.92. The molecule has 1 aliphatic carbocycles. The van der Waals surface area contributed by atoms with Crippen molar-refractivity contribution in [2.75, 3.05) is 0 Å². The maximum atomic E-state index is 6.51. The van der Waals surface area contributed by atoms with Crippen LogP contribution in [-0.4, -0.2) is 5.54 Å². The summed E-state index contributed by atoms with van der Waals surface area (Å²) in [5, 5.41) is 0. The smallest absolute Gasteiger partial charge is 0.0154 e. The first-order valence-electron chi connectivity index (χ1n) is 6.91. The third kappa shape index (κ3) is 5.55. The molecule has 15 heavy (non-hydrogen) atoms. The molecule has 0 unspecified atom stereocenters. The molecule has 0 aliphatic heterocycles. The molecule has 0 amide bonds. The first kappa shape index (κ1) is 13.0. The predicted molar refractivity (Wildman–Crippen MR) is 67.9 cm³/mol. The van der Waals surface area contributed by atoms with Gasteiger partial charge in [-0.3, -0.25) is 0 Å². The Balaban J connectivity index is 2.27. The molecule has 0 aromatic carbocycles. The minimum atomic E-state index is 0.190. The van der Waals surface area contributed by atoms with Crippen LogP contribution in [0.1, 0.15) is 78.1 Å². The second kappa shape index (κ2) is 6.52. The summed E-state index contributed by atoms with van der Waals surface area (Å²) >= 11 is 0. The topological polar surface area (TPSA) is 26.0 Å². The van der Waals surface area contributed by atoms with Crippen LogP contribution >= 0.6 is 0 Å². The Morgan fingerprint density at radius 3 is 2.07 bits per heavy atom. The van der Waals surface area contributed by atoms with Gasteiger partial charge in [0.15, 0.2) is 0 Å². The van der Waals surface area contributed by atoms with Gasteiger partial charge in [0.1, 0.15) is 0 Å². The van der Waals surface area contributed by atoms with Gasteiger partial charge in [0, 0.05) is 5.54 Å². The Bertz CT molecular complexity index is 155. The van der Waals surface area contributed by atoms with Gasteiger partial charge in [-0.1, -0.05) is 58.8 Å². The molecule has 90 valence electrons. The number of rotatable bonds is 4. The van der Waals surface area contributed by atoms with Crippen LogP contribution in [0.3, 0.4) is 0 Å². The molecule has 0 heterocycles. The van der Waals surface area contributed by atoms with E-state index in [4.69, 9.17) is 5.73 Å². The first-order chi connectivity index (χ1) is 7.12. The van der Waals surface area contributed by atoms with E-state index in [0.29, 0.717) is 0 Å². The van der Waals surface area contributed by atoms with E-state index in [1.54, 1.807) is 0 Å². The minimum absolute atomic E-state index is 0.190. The Hall–Kier alpha value is -0.0400. The standard InChI is InChI=1S/C14H29N/c1-13(2)9-8-12-14(15)10-6-4-3-5-7-11-14/h13H,3-12,15H2,1-2H3. The molecule has 1 nitrogen and oxygen atoms in total. The lowest BCUT2D eigenvalue weighted by atomic mass is 9.81. The van der Waals surface area contributed by atoms with E-state index in [2.05, 4.69) is 13.8 Å². The van der Waals surface area contributed by atoms with Crippen LogP contribution in [-0.2, 0) is 0 Å². The first-order valence-corrected chi connectivity index (χ1v) is 6.91. The summed E-state index contributed by atoms with van der Waals surface area (Å²) in [6.07, 6.45) is 13.4. The highest BCUT2D eigenvalue weighted by Gasteiger charge is 2.24. The normalized spacial score (nSPS) is 22.4. The molecule has 1 saturated carbocycles. The molecular formula is C14H29N. The second-order valence-electron chi connectivity index (χ2n) is 5.92. The van der Waals surface area contributed by atoms with Crippen molar-refractivity contribution in [1.29, 1.82) is 0 Å². The minimum Gasteiger partial charge on any atom is -0.325 e. The molecular weight excluding hydrogens is 182 g/mol. The third-order valence-electron chi connectivity index (χ3n) is 3.81. The van der Waals surface area contributed by atoms with Crippen LogP contribution in [0.2, 0.25) is 0 Å². The van der Waals surface area contributed by atoms with Gasteiger partial charge in [0.2, 0.25) is 0 Å². The van der Waals surface area contributed by atoms with Crippen LogP contribution in [0.5, 0.6) is 0 Å². The zero-order valence-electron chi connectivity index (χ0n) is 10.7. The Kier molecular flexibility index (Phi) is 5.66. The molecule has 0 aromatic heterocycles. The predicted octanol–water partition coefficient (Wildman–Crippen LogP) is 4.25. The summed E-state index contributed by atoms with van der Waals surface area (Å²) < 4.78 is 0. The van der Waals surface area contributed by atoms with Gasteiger partial charge in [-0.2, -0.15) is 0 Å². The van der Waals surface area contributed by atoms with E-state index < -0.39 is 0 Å². The van der Waals surface area contributed by atoms with E-state index in [1.165, 1.54) is 64.2 Å². The summed E-state index contributed by atoms with van der Waals surface area (Å²) in [6.45, 7) is 4.61. The maximum Gasteiger partial charge on any atom is 0.0154 e. The summed E-state index contributed by atoms with van der Waals surface area (Å²) in [5.41, 5.74) is 6.70. The lowest BCUT2D eigenvalue weighted by molar-refractivity contribution is 0.284. The van der Waals surface area contributed by atoms with E-state index >= 15 is 0 Å². The highest BCUT2D eigenvalue weighted by Crippen LogP contribution is 2.28. The van der Waals surface area contributed by atoms with E-state index in [1.807, 2.05) is 0 Å². The van der Waals surface area contributed by atoms with Crippen molar-refractivity contribution in [3.05, 3.63) is 0 Å². The van der Waals surface area contributed by atoms with Crippen molar-refractivity contribution in [3.8, 4) is 0 Å².